The van der Waals surface area contributed by atoms with Gasteiger partial charge >= 0.3 is 11.4 Å². The van der Waals surface area contributed by atoms with E-state index >= 15 is 0 Å². The molecule has 0 unspecified atom stereocenters. The van der Waals surface area contributed by atoms with Crippen LogP contribution in [-0.4, -0.2) is 53.3 Å². The monoisotopic (exact) mass is 452 g/mol. The van der Waals surface area contributed by atoms with E-state index in [1.165, 1.54) is 18.2 Å². The van der Waals surface area contributed by atoms with Gasteiger partial charge in [-0.3, -0.25) is 18.4 Å². The van der Waals surface area contributed by atoms with Crippen LogP contribution in [0.3, 0.4) is 0 Å². The van der Waals surface area contributed by atoms with Gasteiger partial charge in [0, 0.05) is 38.3 Å². The van der Waals surface area contributed by atoms with Crippen LogP contribution in [-0.2, 0) is 22.7 Å². The molecule has 0 aliphatic carbocycles. The first-order valence-electron chi connectivity index (χ1n) is 10.6. The van der Waals surface area contributed by atoms with Crippen molar-refractivity contribution in [3.05, 3.63) is 69.8 Å². The van der Waals surface area contributed by atoms with Crippen molar-refractivity contribution in [2.75, 3.05) is 13.1 Å². The van der Waals surface area contributed by atoms with Gasteiger partial charge in [-0.15, -0.1) is 10.2 Å². The molecule has 0 saturated carbocycles. The Bertz CT molecular complexity index is 1290. The summed E-state index contributed by atoms with van der Waals surface area (Å²) in [4.78, 5) is 48.3. The van der Waals surface area contributed by atoms with Crippen molar-refractivity contribution in [3.8, 4) is 0 Å². The number of pyridine rings is 2. The van der Waals surface area contributed by atoms with Crippen LogP contribution in [0.15, 0.2) is 58.4 Å². The first kappa shape index (κ1) is 22.0. The van der Waals surface area contributed by atoms with Gasteiger partial charge in [-0.2, -0.15) is 0 Å². The maximum atomic E-state index is 12.2. The Morgan fingerprint density at radius 2 is 1.18 bits per heavy atom. The molecule has 4 heterocycles. The van der Waals surface area contributed by atoms with Crippen molar-refractivity contribution in [1.29, 1.82) is 0 Å². The Morgan fingerprint density at radius 3 is 1.61 bits per heavy atom. The molecule has 2 amide bonds. The fourth-order valence-electron chi connectivity index (χ4n) is 3.42. The number of aromatic nitrogens is 6. The Balaban J connectivity index is 1.12. The van der Waals surface area contributed by atoms with E-state index in [1.54, 1.807) is 48.8 Å². The highest BCUT2D eigenvalue weighted by molar-refractivity contribution is 5.78. The highest BCUT2D eigenvalue weighted by atomic mass is 16.2. The van der Waals surface area contributed by atoms with Crippen LogP contribution < -0.4 is 22.0 Å². The summed E-state index contributed by atoms with van der Waals surface area (Å²) in [6, 6.07) is 10.6. The molecule has 33 heavy (non-hydrogen) atoms. The van der Waals surface area contributed by atoms with Crippen LogP contribution in [0.5, 0.6) is 0 Å². The lowest BCUT2D eigenvalue weighted by atomic mass is 10.2. The lowest BCUT2D eigenvalue weighted by molar-refractivity contribution is -0.122. The lowest BCUT2D eigenvalue weighted by Crippen LogP contribution is -2.32. The third kappa shape index (κ3) is 5.17. The number of fused-ring (bicyclic) bond motifs is 2. The topological polar surface area (TPSA) is 137 Å². The third-order valence-electron chi connectivity index (χ3n) is 5.08. The molecule has 2 N–H and O–H groups in total. The fourth-order valence-corrected chi connectivity index (χ4v) is 3.42. The molecule has 0 saturated heterocycles. The molecule has 172 valence electrons. The molecule has 0 fully saturated rings. The van der Waals surface area contributed by atoms with Gasteiger partial charge in [0.1, 0.15) is 0 Å². The molecule has 4 rings (SSSR count). The van der Waals surface area contributed by atoms with Gasteiger partial charge in [0.05, 0.1) is 13.1 Å². The van der Waals surface area contributed by atoms with Crippen molar-refractivity contribution in [2.45, 2.75) is 32.4 Å². The van der Waals surface area contributed by atoms with Crippen LogP contribution in [0.2, 0.25) is 0 Å². The number of hydrogen-bond acceptors (Lipinski definition) is 6. The Morgan fingerprint density at radius 1 is 0.727 bits per heavy atom. The van der Waals surface area contributed by atoms with Gasteiger partial charge in [-0.25, -0.2) is 19.0 Å². The van der Waals surface area contributed by atoms with E-state index in [4.69, 9.17) is 0 Å². The summed E-state index contributed by atoms with van der Waals surface area (Å²) in [6.45, 7) is 1.05. The molecule has 0 aliphatic rings. The van der Waals surface area contributed by atoms with Gasteiger partial charge in [-0.1, -0.05) is 12.1 Å². The minimum Gasteiger partial charge on any atom is -0.354 e. The first-order chi connectivity index (χ1) is 16.0. The number of nitrogens with zero attached hydrogens (tertiary/aromatic N) is 6. The lowest BCUT2D eigenvalue weighted by Gasteiger charge is -2.06. The second kappa shape index (κ2) is 9.94. The summed E-state index contributed by atoms with van der Waals surface area (Å²) in [6.07, 6.45) is 4.06. The normalized spacial score (nSPS) is 11.2. The van der Waals surface area contributed by atoms with Crippen LogP contribution in [0.25, 0.3) is 11.3 Å². The second-order valence-corrected chi connectivity index (χ2v) is 7.42. The van der Waals surface area contributed by atoms with Crippen molar-refractivity contribution >= 4 is 23.1 Å². The molecular formula is C21H24N8O4. The molecule has 0 radical (unpaired) electrons. The Hall–Kier alpha value is -4.22. The average Bonchev–Trinajstić information content (AvgIpc) is 3.31. The van der Waals surface area contributed by atoms with Crippen molar-refractivity contribution < 1.29 is 9.59 Å². The molecule has 12 heteroatoms. The predicted octanol–water partition coefficient (Wildman–Crippen LogP) is -0.592. The van der Waals surface area contributed by atoms with Crippen LogP contribution in [0, 0.1) is 0 Å². The van der Waals surface area contributed by atoms with Crippen molar-refractivity contribution in [3.63, 3.8) is 0 Å². The fraction of sp³-hybridized carbons (Fsp3) is 0.333. The van der Waals surface area contributed by atoms with E-state index in [0.717, 1.165) is 0 Å². The molecule has 4 aromatic rings. The third-order valence-corrected chi connectivity index (χ3v) is 5.08. The first-order valence-corrected chi connectivity index (χ1v) is 10.6. The number of nitrogens with one attached hydrogen (secondary N) is 2. The SMILES string of the molecule is O=C(CCCC(=O)NCCn1nc2ccccn2c1=O)NCCn1nc2ccccn2c1=O. The van der Waals surface area contributed by atoms with E-state index in [0.29, 0.717) is 17.7 Å². The molecule has 12 nitrogen and oxygen atoms in total. The Kier molecular flexibility index (Phi) is 6.62. The minimum atomic E-state index is -0.262. The summed E-state index contributed by atoms with van der Waals surface area (Å²) in [5.74, 6) is -0.397. The number of carbonyl (C=O) groups excluding carboxylic acids is 2. The summed E-state index contributed by atoms with van der Waals surface area (Å²) in [5, 5.41) is 13.9. The zero-order valence-electron chi connectivity index (χ0n) is 17.9. The number of hydrogen-bond donors (Lipinski definition) is 2. The maximum Gasteiger partial charge on any atom is 0.350 e. The quantitative estimate of drug-likeness (QED) is 0.330. The molecule has 0 aromatic carbocycles. The highest BCUT2D eigenvalue weighted by Gasteiger charge is 2.09. The van der Waals surface area contributed by atoms with Crippen molar-refractivity contribution in [2.24, 2.45) is 0 Å². The van der Waals surface area contributed by atoms with Gasteiger partial charge in [0.2, 0.25) is 11.8 Å². The summed E-state index contributed by atoms with van der Waals surface area (Å²) >= 11 is 0. The van der Waals surface area contributed by atoms with Gasteiger partial charge in [-0.05, 0) is 30.7 Å². The standard InChI is InChI=1S/C21H24N8O4/c30-18(22-10-14-28-20(32)26-12-3-1-6-16(26)24-28)8-5-9-19(31)23-11-15-29-21(33)27-13-4-2-7-17(27)25-29/h1-4,6-7,12-13H,5,8-11,14-15H2,(H,22,30)(H,23,31). The van der Waals surface area contributed by atoms with Gasteiger partial charge in [0.25, 0.3) is 0 Å². The summed E-state index contributed by atoms with van der Waals surface area (Å²) in [7, 11) is 0. The highest BCUT2D eigenvalue weighted by Crippen LogP contribution is 1.97. The smallest absolute Gasteiger partial charge is 0.350 e. The molecule has 0 spiro atoms. The van der Waals surface area contributed by atoms with E-state index in [9.17, 15) is 19.2 Å². The number of amides is 2. The predicted molar refractivity (Wildman–Crippen MR) is 119 cm³/mol. The maximum absolute atomic E-state index is 12.2. The molecule has 4 aromatic heterocycles. The van der Waals surface area contributed by atoms with Crippen molar-refractivity contribution in [1.82, 2.24) is 39.0 Å². The number of rotatable bonds is 10. The van der Waals surface area contributed by atoms with Gasteiger partial charge < -0.3 is 10.6 Å². The largest absolute Gasteiger partial charge is 0.354 e. The zero-order chi connectivity index (χ0) is 23.2. The minimum absolute atomic E-state index is 0.194. The van der Waals surface area contributed by atoms with E-state index < -0.39 is 0 Å². The van der Waals surface area contributed by atoms with E-state index in [2.05, 4.69) is 20.8 Å². The second-order valence-electron chi connectivity index (χ2n) is 7.42. The zero-order valence-corrected chi connectivity index (χ0v) is 17.9. The van der Waals surface area contributed by atoms with Crippen LogP contribution >= 0.6 is 0 Å². The number of carbonyl (C=O) groups is 2. The van der Waals surface area contributed by atoms with Crippen LogP contribution in [0.4, 0.5) is 0 Å². The Labute approximate surface area is 187 Å². The summed E-state index contributed by atoms with van der Waals surface area (Å²) in [5.41, 5.74) is 0.571. The molecule has 0 aliphatic heterocycles. The average molecular weight is 452 g/mol. The summed E-state index contributed by atoms with van der Waals surface area (Å²) < 4.78 is 5.48. The molecular weight excluding hydrogens is 428 g/mol. The van der Waals surface area contributed by atoms with Gasteiger partial charge in [0.15, 0.2) is 11.3 Å². The van der Waals surface area contributed by atoms with Crippen LogP contribution in [0.1, 0.15) is 19.3 Å². The van der Waals surface area contributed by atoms with E-state index in [1.807, 2.05) is 0 Å². The molecule has 0 atom stereocenters. The van der Waals surface area contributed by atoms with E-state index in [-0.39, 0.29) is 62.2 Å². The molecule has 0 bridgehead atoms.